The number of nitriles is 1. The van der Waals surface area contributed by atoms with Crippen LogP contribution in [0.1, 0.15) is 36.4 Å². The van der Waals surface area contributed by atoms with E-state index in [4.69, 9.17) is 0 Å². The third-order valence-corrected chi connectivity index (χ3v) is 8.00. The summed E-state index contributed by atoms with van der Waals surface area (Å²) in [6.07, 6.45) is 8.66. The van der Waals surface area contributed by atoms with Crippen molar-refractivity contribution in [2.45, 2.75) is 24.2 Å². The zero-order valence-corrected chi connectivity index (χ0v) is 23.1. The molecule has 0 bridgehead atoms. The molecule has 0 aliphatic heterocycles. The van der Waals surface area contributed by atoms with Crippen LogP contribution in [0, 0.1) is 11.3 Å². The van der Waals surface area contributed by atoms with Crippen LogP contribution in [0.2, 0.25) is 0 Å². The number of pyridine rings is 1. The van der Waals surface area contributed by atoms with E-state index in [1.165, 1.54) is 6.26 Å². The lowest BCUT2D eigenvalue weighted by atomic mass is 9.83. The van der Waals surface area contributed by atoms with E-state index in [9.17, 15) is 13.7 Å². The summed E-state index contributed by atoms with van der Waals surface area (Å²) in [5.41, 5.74) is 5.76. The molecule has 6 nitrogen and oxygen atoms in total. The molecule has 0 atom stereocenters. The number of benzene rings is 3. The second kappa shape index (κ2) is 9.97. The van der Waals surface area contributed by atoms with E-state index in [1.54, 1.807) is 24.5 Å². The summed E-state index contributed by atoms with van der Waals surface area (Å²) in [4.78, 5) is 9.50. The molecular weight excluding hydrogens is 504 g/mol. The standard InChI is InChI=1S/C32H28N4O2S/c1-32(2,21-33)26-19-25-9-6-14-34-30(25)28(20-26)24-8-5-7-22(17-24)18-29(31-35-15-16-36(31)3)23-10-12-27(13-11-23)39(4,37)38/h5-20H,1-4H3. The smallest absolute Gasteiger partial charge is 0.175 e. The molecule has 5 rings (SSSR count). The number of fused-ring (bicyclic) bond motifs is 1. The van der Waals surface area contributed by atoms with Gasteiger partial charge in [0.1, 0.15) is 5.82 Å². The first-order valence-corrected chi connectivity index (χ1v) is 14.4. The van der Waals surface area contributed by atoms with Gasteiger partial charge in [-0.05, 0) is 78.6 Å². The van der Waals surface area contributed by atoms with Crippen LogP contribution in [-0.2, 0) is 22.3 Å². The maximum Gasteiger partial charge on any atom is 0.175 e. The Balaban J connectivity index is 1.67. The molecule has 0 saturated carbocycles. The summed E-state index contributed by atoms with van der Waals surface area (Å²) >= 11 is 0. The highest BCUT2D eigenvalue weighted by atomic mass is 32.2. The molecule has 0 amide bonds. The van der Waals surface area contributed by atoms with Crippen LogP contribution in [0.25, 0.3) is 33.7 Å². The zero-order chi connectivity index (χ0) is 27.8. The number of sulfone groups is 1. The summed E-state index contributed by atoms with van der Waals surface area (Å²) < 4.78 is 25.9. The van der Waals surface area contributed by atoms with Crippen LogP contribution in [0.4, 0.5) is 0 Å². The average molecular weight is 533 g/mol. The van der Waals surface area contributed by atoms with Gasteiger partial charge in [0.15, 0.2) is 9.84 Å². The maximum atomic E-state index is 12.0. The first-order chi connectivity index (χ1) is 18.6. The predicted molar refractivity (Wildman–Crippen MR) is 156 cm³/mol. The Morgan fingerprint density at radius 3 is 2.41 bits per heavy atom. The van der Waals surface area contributed by atoms with Crippen LogP contribution in [-0.4, -0.2) is 29.2 Å². The first kappa shape index (κ1) is 26.1. The number of aromatic nitrogens is 3. The topological polar surface area (TPSA) is 88.6 Å². The maximum absolute atomic E-state index is 12.0. The molecule has 0 aliphatic carbocycles. The minimum absolute atomic E-state index is 0.270. The molecule has 2 aromatic heterocycles. The molecule has 0 radical (unpaired) electrons. The first-order valence-electron chi connectivity index (χ1n) is 12.5. The highest BCUT2D eigenvalue weighted by Crippen LogP contribution is 2.35. The normalized spacial score (nSPS) is 12.4. The van der Waals surface area contributed by atoms with Gasteiger partial charge in [0.25, 0.3) is 0 Å². The summed E-state index contributed by atoms with van der Waals surface area (Å²) in [5.74, 6) is 0.761. The highest BCUT2D eigenvalue weighted by Gasteiger charge is 2.22. The Morgan fingerprint density at radius 1 is 0.974 bits per heavy atom. The van der Waals surface area contributed by atoms with Crippen molar-refractivity contribution < 1.29 is 8.42 Å². The summed E-state index contributed by atoms with van der Waals surface area (Å²) in [7, 11) is -1.37. The molecule has 0 saturated heterocycles. The SMILES string of the molecule is Cn1ccnc1C(=Cc1cccc(-c2cc(C(C)(C)C#N)cc3cccnc23)c1)c1ccc(S(C)(=O)=O)cc1. The largest absolute Gasteiger partial charge is 0.334 e. The van der Waals surface area contributed by atoms with Crippen molar-refractivity contribution in [3.05, 3.63) is 114 Å². The highest BCUT2D eigenvalue weighted by molar-refractivity contribution is 7.90. The van der Waals surface area contributed by atoms with Gasteiger partial charge in [-0.2, -0.15) is 5.26 Å². The van der Waals surface area contributed by atoms with Crippen molar-refractivity contribution in [1.29, 1.82) is 5.26 Å². The van der Waals surface area contributed by atoms with Crippen molar-refractivity contribution in [1.82, 2.24) is 14.5 Å². The van der Waals surface area contributed by atoms with Crippen molar-refractivity contribution in [2.75, 3.05) is 6.26 Å². The van der Waals surface area contributed by atoms with E-state index in [1.807, 2.05) is 80.2 Å². The summed E-state index contributed by atoms with van der Waals surface area (Å²) in [6.45, 7) is 3.84. The van der Waals surface area contributed by atoms with Crippen molar-refractivity contribution in [2.24, 2.45) is 7.05 Å². The molecule has 0 fully saturated rings. The molecule has 3 aromatic carbocycles. The van der Waals surface area contributed by atoms with Gasteiger partial charge < -0.3 is 4.57 Å². The quantitative estimate of drug-likeness (QED) is 0.235. The number of rotatable bonds is 6. The van der Waals surface area contributed by atoms with Gasteiger partial charge in [0.2, 0.25) is 0 Å². The average Bonchev–Trinajstić information content (AvgIpc) is 3.36. The summed E-state index contributed by atoms with van der Waals surface area (Å²) in [5, 5.41) is 10.8. The van der Waals surface area contributed by atoms with Gasteiger partial charge in [-0.1, -0.05) is 36.4 Å². The Kier molecular flexibility index (Phi) is 6.67. The van der Waals surface area contributed by atoms with Gasteiger partial charge in [-0.25, -0.2) is 13.4 Å². The Bertz CT molecular complexity index is 1880. The lowest BCUT2D eigenvalue weighted by molar-refractivity contribution is 0.602. The van der Waals surface area contributed by atoms with E-state index >= 15 is 0 Å². The van der Waals surface area contributed by atoms with Crippen LogP contribution in [0.3, 0.4) is 0 Å². The van der Waals surface area contributed by atoms with Crippen molar-refractivity contribution in [3.8, 4) is 17.2 Å². The molecule has 7 heteroatoms. The lowest BCUT2D eigenvalue weighted by Crippen LogP contribution is -2.14. The van der Waals surface area contributed by atoms with E-state index in [0.717, 1.165) is 50.1 Å². The second-order valence-electron chi connectivity index (χ2n) is 10.2. The molecular formula is C32H28N4O2S. The number of aryl methyl sites for hydroxylation is 1. The van der Waals surface area contributed by atoms with Gasteiger partial charge in [-0.15, -0.1) is 0 Å². The second-order valence-corrected chi connectivity index (χ2v) is 12.2. The monoisotopic (exact) mass is 532 g/mol. The van der Waals surface area contributed by atoms with Crippen LogP contribution < -0.4 is 0 Å². The van der Waals surface area contributed by atoms with Crippen LogP contribution in [0.5, 0.6) is 0 Å². The molecule has 0 spiro atoms. The fourth-order valence-corrected chi connectivity index (χ4v) is 5.21. The summed E-state index contributed by atoms with van der Waals surface area (Å²) in [6, 6.07) is 25.5. The van der Waals surface area contributed by atoms with E-state index in [-0.39, 0.29) is 4.90 Å². The van der Waals surface area contributed by atoms with Gasteiger partial charge >= 0.3 is 0 Å². The van der Waals surface area contributed by atoms with Crippen LogP contribution >= 0.6 is 0 Å². The van der Waals surface area contributed by atoms with Crippen LogP contribution in [0.15, 0.2) is 96.3 Å². The molecule has 2 heterocycles. The Hall–Kier alpha value is -4.54. The molecule has 0 N–H and O–H groups in total. The van der Waals surface area contributed by atoms with Crippen molar-refractivity contribution >= 4 is 32.4 Å². The van der Waals surface area contributed by atoms with Gasteiger partial charge in [-0.3, -0.25) is 4.98 Å². The molecule has 39 heavy (non-hydrogen) atoms. The van der Waals surface area contributed by atoms with Gasteiger partial charge in [0.05, 0.1) is 21.9 Å². The third kappa shape index (κ3) is 5.25. The Morgan fingerprint density at radius 2 is 1.74 bits per heavy atom. The van der Waals surface area contributed by atoms with E-state index < -0.39 is 15.3 Å². The minimum atomic E-state index is -3.30. The predicted octanol–water partition coefficient (Wildman–Crippen LogP) is 6.43. The van der Waals surface area contributed by atoms with Gasteiger partial charge in [0, 0.05) is 48.4 Å². The number of imidazole rings is 1. The fourth-order valence-electron chi connectivity index (χ4n) is 4.58. The Labute approximate surface area is 228 Å². The molecule has 0 unspecified atom stereocenters. The zero-order valence-electron chi connectivity index (χ0n) is 22.3. The number of hydrogen-bond acceptors (Lipinski definition) is 5. The lowest BCUT2D eigenvalue weighted by Gasteiger charge is -2.19. The number of hydrogen-bond donors (Lipinski definition) is 0. The van der Waals surface area contributed by atoms with E-state index in [2.05, 4.69) is 34.2 Å². The number of nitrogens with zero attached hydrogens (tertiary/aromatic N) is 4. The third-order valence-electron chi connectivity index (χ3n) is 6.87. The van der Waals surface area contributed by atoms with Crippen molar-refractivity contribution in [3.63, 3.8) is 0 Å². The molecule has 194 valence electrons. The minimum Gasteiger partial charge on any atom is -0.334 e. The molecule has 5 aromatic rings. The van der Waals surface area contributed by atoms with E-state index in [0.29, 0.717) is 0 Å². The fraction of sp³-hybridized carbons (Fsp3) is 0.156. The molecule has 0 aliphatic rings.